The van der Waals surface area contributed by atoms with E-state index in [1.165, 1.54) is 0 Å². The molecular weight excluding hydrogens is 206 g/mol. The first-order valence-electron chi connectivity index (χ1n) is 4.19. The molecule has 0 saturated carbocycles. The van der Waals surface area contributed by atoms with E-state index < -0.39 is 21.4 Å². The van der Waals surface area contributed by atoms with Crippen LogP contribution in [0.25, 0.3) is 0 Å². The number of amides is 1. The van der Waals surface area contributed by atoms with E-state index in [1.807, 2.05) is 0 Å². The number of sulfone groups is 1. The van der Waals surface area contributed by atoms with Gasteiger partial charge in [-0.15, -0.1) is 0 Å². The molecule has 0 aromatic rings. The average Bonchev–Trinajstić information content (AvgIpc) is 1.96. The lowest BCUT2D eigenvalue weighted by atomic mass is 10.2. The molecular formula is C8H15NO4S. The molecule has 0 fully saturated rings. The molecule has 0 unspecified atom stereocenters. The number of nitrogens with one attached hydrogen (secondary N) is 1. The van der Waals surface area contributed by atoms with Crippen molar-refractivity contribution in [1.82, 2.24) is 5.32 Å². The van der Waals surface area contributed by atoms with Crippen LogP contribution in [0, 0.1) is 5.92 Å². The molecule has 0 bridgehead atoms. The van der Waals surface area contributed by atoms with E-state index in [9.17, 15) is 18.0 Å². The molecule has 0 aliphatic carbocycles. The summed E-state index contributed by atoms with van der Waals surface area (Å²) in [6, 6.07) is 0. The van der Waals surface area contributed by atoms with Crippen molar-refractivity contribution in [3.63, 3.8) is 0 Å². The van der Waals surface area contributed by atoms with Crippen LogP contribution in [0.4, 0.5) is 0 Å². The molecule has 0 saturated heterocycles. The monoisotopic (exact) mass is 221 g/mol. The molecule has 0 spiro atoms. The lowest BCUT2D eigenvalue weighted by Crippen LogP contribution is -2.34. The minimum Gasteiger partial charge on any atom is -0.349 e. The number of ketones is 1. The second-order valence-electron chi connectivity index (χ2n) is 3.48. The lowest BCUT2D eigenvalue weighted by Gasteiger charge is -2.05. The SMILES string of the molecule is CC(C)C(=O)NCC(=O)CS(C)(=O)=O. The van der Waals surface area contributed by atoms with Gasteiger partial charge in [0.2, 0.25) is 5.91 Å². The number of carbonyl (C=O) groups is 2. The van der Waals surface area contributed by atoms with Crippen LogP contribution in [-0.2, 0) is 19.4 Å². The van der Waals surface area contributed by atoms with Gasteiger partial charge in [-0.1, -0.05) is 13.8 Å². The van der Waals surface area contributed by atoms with E-state index in [4.69, 9.17) is 0 Å². The number of rotatable bonds is 5. The Labute approximate surface area is 83.8 Å². The lowest BCUT2D eigenvalue weighted by molar-refractivity contribution is -0.126. The summed E-state index contributed by atoms with van der Waals surface area (Å²) < 4.78 is 21.4. The normalized spacial score (nSPS) is 11.4. The molecule has 0 aromatic carbocycles. The largest absolute Gasteiger partial charge is 0.349 e. The summed E-state index contributed by atoms with van der Waals surface area (Å²) >= 11 is 0. The van der Waals surface area contributed by atoms with Crippen LogP contribution in [0.15, 0.2) is 0 Å². The Balaban J connectivity index is 3.93. The summed E-state index contributed by atoms with van der Waals surface area (Å²) in [6.07, 6.45) is 0.981. The van der Waals surface area contributed by atoms with Gasteiger partial charge in [-0.05, 0) is 0 Å². The van der Waals surface area contributed by atoms with Gasteiger partial charge in [0, 0.05) is 12.2 Å². The van der Waals surface area contributed by atoms with Gasteiger partial charge in [0.25, 0.3) is 0 Å². The third kappa shape index (κ3) is 6.59. The Hall–Kier alpha value is -0.910. The number of Topliss-reactive ketones (excluding diaryl/α,β-unsaturated/α-hetero) is 1. The van der Waals surface area contributed by atoms with Crippen molar-refractivity contribution < 1.29 is 18.0 Å². The van der Waals surface area contributed by atoms with Crippen LogP contribution in [0.1, 0.15) is 13.8 Å². The summed E-state index contributed by atoms with van der Waals surface area (Å²) in [5.41, 5.74) is 0. The number of hydrogen-bond donors (Lipinski definition) is 1. The van der Waals surface area contributed by atoms with Crippen molar-refractivity contribution >= 4 is 21.5 Å². The quantitative estimate of drug-likeness (QED) is 0.670. The first-order chi connectivity index (χ1) is 6.22. The smallest absolute Gasteiger partial charge is 0.222 e. The fraction of sp³-hybridized carbons (Fsp3) is 0.750. The summed E-state index contributed by atoms with van der Waals surface area (Å²) in [7, 11) is -3.29. The highest BCUT2D eigenvalue weighted by atomic mass is 32.2. The van der Waals surface area contributed by atoms with Crippen LogP contribution in [-0.4, -0.2) is 38.7 Å². The van der Waals surface area contributed by atoms with Crippen molar-refractivity contribution in [2.45, 2.75) is 13.8 Å². The van der Waals surface area contributed by atoms with Gasteiger partial charge in [-0.3, -0.25) is 9.59 Å². The summed E-state index contributed by atoms with van der Waals surface area (Å²) in [5, 5.41) is 2.35. The topological polar surface area (TPSA) is 80.3 Å². The van der Waals surface area contributed by atoms with E-state index in [2.05, 4.69) is 5.32 Å². The van der Waals surface area contributed by atoms with Crippen molar-refractivity contribution in [3.8, 4) is 0 Å². The van der Waals surface area contributed by atoms with Gasteiger partial charge in [-0.25, -0.2) is 8.42 Å². The molecule has 1 N–H and O–H groups in total. The van der Waals surface area contributed by atoms with Crippen molar-refractivity contribution in [1.29, 1.82) is 0 Å². The van der Waals surface area contributed by atoms with E-state index in [0.717, 1.165) is 6.26 Å². The second-order valence-corrected chi connectivity index (χ2v) is 5.62. The molecule has 14 heavy (non-hydrogen) atoms. The van der Waals surface area contributed by atoms with Crippen LogP contribution in [0.5, 0.6) is 0 Å². The predicted octanol–water partition coefficient (Wildman–Crippen LogP) is -0.628. The summed E-state index contributed by atoms with van der Waals surface area (Å²) in [4.78, 5) is 22.0. The van der Waals surface area contributed by atoms with Crippen molar-refractivity contribution in [3.05, 3.63) is 0 Å². The second kappa shape index (κ2) is 5.09. The maximum Gasteiger partial charge on any atom is 0.222 e. The number of carbonyl (C=O) groups excluding carboxylic acids is 2. The molecule has 82 valence electrons. The highest BCUT2D eigenvalue weighted by molar-refractivity contribution is 7.91. The third-order valence-corrected chi connectivity index (χ3v) is 2.25. The molecule has 0 aromatic heterocycles. The molecule has 0 atom stereocenters. The van der Waals surface area contributed by atoms with E-state index >= 15 is 0 Å². The molecule has 0 radical (unpaired) electrons. The van der Waals surface area contributed by atoms with Gasteiger partial charge in [0.15, 0.2) is 15.6 Å². The van der Waals surface area contributed by atoms with Crippen LogP contribution < -0.4 is 5.32 Å². The Morgan fingerprint density at radius 3 is 2.14 bits per heavy atom. The molecule has 1 amide bonds. The molecule has 0 heterocycles. The first kappa shape index (κ1) is 13.1. The molecule has 6 heteroatoms. The van der Waals surface area contributed by atoms with Gasteiger partial charge in [0.1, 0.15) is 5.75 Å². The van der Waals surface area contributed by atoms with Crippen LogP contribution >= 0.6 is 0 Å². The predicted molar refractivity (Wildman–Crippen MR) is 52.6 cm³/mol. The summed E-state index contributed by atoms with van der Waals surface area (Å²) in [6.45, 7) is 3.16. The fourth-order valence-corrected chi connectivity index (χ4v) is 1.42. The van der Waals surface area contributed by atoms with Gasteiger partial charge < -0.3 is 5.32 Å². The molecule has 5 nitrogen and oxygen atoms in total. The Morgan fingerprint density at radius 1 is 1.29 bits per heavy atom. The zero-order valence-electron chi connectivity index (χ0n) is 8.53. The van der Waals surface area contributed by atoms with Crippen molar-refractivity contribution in [2.24, 2.45) is 5.92 Å². The zero-order valence-corrected chi connectivity index (χ0v) is 9.35. The van der Waals surface area contributed by atoms with Gasteiger partial charge in [-0.2, -0.15) is 0 Å². The summed E-state index contributed by atoms with van der Waals surface area (Å²) in [5.74, 6) is -1.49. The maximum absolute atomic E-state index is 11.0. The van der Waals surface area contributed by atoms with Crippen LogP contribution in [0.3, 0.4) is 0 Å². The highest BCUT2D eigenvalue weighted by Crippen LogP contribution is 1.90. The van der Waals surface area contributed by atoms with Crippen molar-refractivity contribution in [2.75, 3.05) is 18.6 Å². The minimum absolute atomic E-state index is 0.207. The average molecular weight is 221 g/mol. The highest BCUT2D eigenvalue weighted by Gasteiger charge is 2.13. The number of hydrogen-bond acceptors (Lipinski definition) is 4. The van der Waals surface area contributed by atoms with E-state index in [1.54, 1.807) is 13.8 Å². The molecule has 0 aliphatic heterocycles. The van der Waals surface area contributed by atoms with Gasteiger partial charge >= 0.3 is 0 Å². The first-order valence-corrected chi connectivity index (χ1v) is 6.25. The van der Waals surface area contributed by atoms with Crippen LogP contribution in [0.2, 0.25) is 0 Å². The maximum atomic E-state index is 11.0. The third-order valence-electron chi connectivity index (χ3n) is 1.41. The van der Waals surface area contributed by atoms with E-state index in [0.29, 0.717) is 0 Å². The Morgan fingerprint density at radius 2 is 1.79 bits per heavy atom. The zero-order chi connectivity index (χ0) is 11.4. The van der Waals surface area contributed by atoms with E-state index in [-0.39, 0.29) is 18.4 Å². The van der Waals surface area contributed by atoms with Gasteiger partial charge in [0.05, 0.1) is 6.54 Å². The Bertz CT molecular complexity index is 318. The molecule has 0 rings (SSSR count). The standard InChI is InChI=1S/C8H15NO4S/c1-6(2)8(11)9-4-7(10)5-14(3,12)13/h6H,4-5H2,1-3H3,(H,9,11). The molecule has 0 aliphatic rings. The fourth-order valence-electron chi connectivity index (χ4n) is 0.733. The Kier molecular flexibility index (Phi) is 4.76. The minimum atomic E-state index is -3.29.